The number of nitrogens with zero attached hydrogens (tertiary/aromatic N) is 1. The number of benzene rings is 8. The van der Waals surface area contributed by atoms with Gasteiger partial charge in [-0.3, -0.25) is 4.99 Å². The van der Waals surface area contributed by atoms with Gasteiger partial charge in [-0.2, -0.15) is 0 Å². The summed E-state index contributed by atoms with van der Waals surface area (Å²) in [5.41, 5.74) is 14.7. The van der Waals surface area contributed by atoms with Gasteiger partial charge in [0, 0.05) is 12.1 Å². The third-order valence-corrected chi connectivity index (χ3v) is 11.5. The Bertz CT molecular complexity index is 3010. The molecule has 1 aliphatic rings. The number of aryl methyl sites for hydroxylation is 1. The van der Waals surface area contributed by atoms with E-state index in [0.717, 1.165) is 44.9 Å². The monoisotopic (exact) mass is 770 g/mol. The van der Waals surface area contributed by atoms with Gasteiger partial charge in [0.15, 0.2) is 0 Å². The van der Waals surface area contributed by atoms with E-state index in [1.165, 1.54) is 54.9 Å². The number of nitrogens with one attached hydrogen (secondary N) is 1. The molecule has 60 heavy (non-hydrogen) atoms. The Labute approximate surface area is 353 Å². The molecule has 0 saturated heterocycles. The van der Waals surface area contributed by atoms with Crippen LogP contribution in [0.1, 0.15) is 45.8 Å². The predicted molar refractivity (Wildman–Crippen MR) is 258 cm³/mol. The molecule has 1 aliphatic heterocycles. The second kappa shape index (κ2) is 17.1. The van der Waals surface area contributed by atoms with Crippen LogP contribution in [0, 0.1) is 6.92 Å². The molecule has 0 amide bonds. The van der Waals surface area contributed by atoms with Crippen molar-refractivity contribution in [3.63, 3.8) is 0 Å². The fourth-order valence-corrected chi connectivity index (χ4v) is 8.34. The maximum Gasteiger partial charge on any atom is 0.106 e. The molecule has 8 aromatic carbocycles. The SMILES string of the molecule is C=C/C(=C\C=C/CC1=NC(c2ccc(-c3ccccc3)cc2)C=C(c2cccc(C(=C)c3ccccc3-c3ccccc3C)c2)N1)c1cc2ccccc2c2ccccc12. The van der Waals surface area contributed by atoms with E-state index in [0.29, 0.717) is 6.42 Å². The molecule has 0 radical (unpaired) electrons. The molecule has 1 heterocycles. The van der Waals surface area contributed by atoms with Crippen LogP contribution in [-0.4, -0.2) is 5.84 Å². The van der Waals surface area contributed by atoms with Crippen molar-refractivity contribution in [2.45, 2.75) is 19.4 Å². The lowest BCUT2D eigenvalue weighted by Crippen LogP contribution is -2.26. The lowest BCUT2D eigenvalue weighted by atomic mass is 9.89. The molecule has 1 unspecified atom stereocenters. The molecule has 2 nitrogen and oxygen atoms in total. The Kier molecular flexibility index (Phi) is 10.8. The summed E-state index contributed by atoms with van der Waals surface area (Å²) in [5.74, 6) is 0.903. The van der Waals surface area contributed by atoms with Gasteiger partial charge in [-0.05, 0) is 113 Å². The lowest BCUT2D eigenvalue weighted by molar-refractivity contribution is 0.871. The van der Waals surface area contributed by atoms with Gasteiger partial charge in [0.1, 0.15) is 5.84 Å². The number of hydrogen-bond acceptors (Lipinski definition) is 2. The third kappa shape index (κ3) is 7.84. The number of aliphatic imine (C=N–C) groups is 1. The number of amidine groups is 1. The first-order valence-electron chi connectivity index (χ1n) is 20.6. The summed E-state index contributed by atoms with van der Waals surface area (Å²) in [6, 6.07) is 64.5. The minimum absolute atomic E-state index is 0.161. The predicted octanol–water partition coefficient (Wildman–Crippen LogP) is 15.0. The maximum atomic E-state index is 5.28. The summed E-state index contributed by atoms with van der Waals surface area (Å²) in [5, 5.41) is 8.66. The molecular weight excluding hydrogens is 725 g/mol. The second-order valence-corrected chi connectivity index (χ2v) is 15.3. The first-order valence-corrected chi connectivity index (χ1v) is 20.6. The highest BCUT2D eigenvalue weighted by molar-refractivity contribution is 6.12. The molecule has 0 saturated carbocycles. The van der Waals surface area contributed by atoms with Crippen molar-refractivity contribution in [1.82, 2.24) is 5.32 Å². The number of allylic oxidation sites excluding steroid dienone is 4. The Morgan fingerprint density at radius 1 is 0.617 bits per heavy atom. The first kappa shape index (κ1) is 38.0. The zero-order valence-corrected chi connectivity index (χ0v) is 33.9. The summed E-state index contributed by atoms with van der Waals surface area (Å²) < 4.78 is 0. The van der Waals surface area contributed by atoms with E-state index in [1.807, 2.05) is 6.08 Å². The van der Waals surface area contributed by atoms with E-state index in [9.17, 15) is 0 Å². The quantitative estimate of drug-likeness (QED) is 0.103. The average Bonchev–Trinajstić information content (AvgIpc) is 3.31. The smallest absolute Gasteiger partial charge is 0.106 e. The highest BCUT2D eigenvalue weighted by Gasteiger charge is 2.19. The first-order chi connectivity index (χ1) is 29.5. The maximum absolute atomic E-state index is 5.28. The van der Waals surface area contributed by atoms with Gasteiger partial charge in [0.25, 0.3) is 0 Å². The van der Waals surface area contributed by atoms with Gasteiger partial charge in [-0.1, -0.05) is 207 Å². The summed E-state index contributed by atoms with van der Waals surface area (Å²) in [4.78, 5) is 5.28. The zero-order chi connectivity index (χ0) is 40.8. The number of rotatable bonds is 11. The summed E-state index contributed by atoms with van der Waals surface area (Å²) in [6.45, 7) is 11.0. The van der Waals surface area contributed by atoms with Crippen LogP contribution >= 0.6 is 0 Å². The van der Waals surface area contributed by atoms with Crippen molar-refractivity contribution >= 4 is 44.2 Å². The van der Waals surface area contributed by atoms with Crippen LogP contribution in [0.25, 0.3) is 60.6 Å². The van der Waals surface area contributed by atoms with Crippen LogP contribution in [0.15, 0.2) is 231 Å². The summed E-state index contributed by atoms with van der Waals surface area (Å²) in [6.07, 6.45) is 11.3. The van der Waals surface area contributed by atoms with Crippen LogP contribution in [0.2, 0.25) is 0 Å². The lowest BCUT2D eigenvalue weighted by Gasteiger charge is -2.23. The molecule has 9 rings (SSSR count). The van der Waals surface area contributed by atoms with Crippen molar-refractivity contribution in [1.29, 1.82) is 0 Å². The Morgan fingerprint density at radius 2 is 1.28 bits per heavy atom. The van der Waals surface area contributed by atoms with E-state index in [1.54, 1.807) is 0 Å². The Hall–Kier alpha value is -7.55. The minimum Gasteiger partial charge on any atom is -0.343 e. The highest BCUT2D eigenvalue weighted by Crippen LogP contribution is 2.36. The fourth-order valence-electron chi connectivity index (χ4n) is 8.34. The molecule has 1 atom stereocenters. The number of fused-ring (bicyclic) bond motifs is 3. The summed E-state index contributed by atoms with van der Waals surface area (Å²) >= 11 is 0. The highest BCUT2D eigenvalue weighted by atomic mass is 15.0. The van der Waals surface area contributed by atoms with Gasteiger partial charge in [0.2, 0.25) is 0 Å². The van der Waals surface area contributed by atoms with Gasteiger partial charge in [-0.25, -0.2) is 0 Å². The Morgan fingerprint density at radius 3 is 2.08 bits per heavy atom. The van der Waals surface area contributed by atoms with Gasteiger partial charge in [0.05, 0.1) is 6.04 Å². The van der Waals surface area contributed by atoms with Gasteiger partial charge < -0.3 is 5.32 Å². The van der Waals surface area contributed by atoms with Gasteiger partial charge >= 0.3 is 0 Å². The standard InChI is InChI=1S/C58H46N2/c1-4-42(55-38-47-23-9-12-28-51(47)53-30-15-16-31-54(53)55)20-10-17-32-58-59-56(45-35-33-44(34-36-45)43-21-6-5-7-22-43)39-57(60-58)48-25-18-24-46(37-48)41(3)50-27-13-14-29-52(50)49-26-11-8-19-40(49)2/h4-31,33-39,56H,1,3,32H2,2H3,(H,59,60)/b17-10-,42-20+. The van der Waals surface area contributed by atoms with Crippen LogP contribution in [-0.2, 0) is 0 Å². The van der Waals surface area contributed by atoms with E-state index < -0.39 is 0 Å². The van der Waals surface area contributed by atoms with E-state index >= 15 is 0 Å². The number of hydrogen-bond donors (Lipinski definition) is 1. The topological polar surface area (TPSA) is 24.4 Å². The van der Waals surface area contributed by atoms with Crippen molar-refractivity contribution in [3.8, 4) is 22.3 Å². The zero-order valence-electron chi connectivity index (χ0n) is 33.9. The molecule has 0 aliphatic carbocycles. The third-order valence-electron chi connectivity index (χ3n) is 11.5. The van der Waals surface area contributed by atoms with Crippen LogP contribution in [0.3, 0.4) is 0 Å². The molecule has 0 fully saturated rings. The van der Waals surface area contributed by atoms with Crippen molar-refractivity contribution < 1.29 is 0 Å². The van der Waals surface area contributed by atoms with Crippen LogP contribution in [0.4, 0.5) is 0 Å². The van der Waals surface area contributed by atoms with E-state index in [4.69, 9.17) is 4.99 Å². The fraction of sp³-hybridized carbons (Fsp3) is 0.0517. The van der Waals surface area contributed by atoms with Crippen molar-refractivity contribution in [2.24, 2.45) is 4.99 Å². The summed E-state index contributed by atoms with van der Waals surface area (Å²) in [7, 11) is 0. The molecule has 2 heteroatoms. The van der Waals surface area contributed by atoms with Crippen LogP contribution in [0.5, 0.6) is 0 Å². The minimum atomic E-state index is -0.161. The molecule has 0 bridgehead atoms. The average molecular weight is 771 g/mol. The van der Waals surface area contributed by atoms with Gasteiger partial charge in [-0.15, -0.1) is 0 Å². The van der Waals surface area contributed by atoms with Crippen LogP contribution < -0.4 is 5.32 Å². The van der Waals surface area contributed by atoms with Crippen molar-refractivity contribution in [3.05, 3.63) is 259 Å². The molecular formula is C58H46N2. The Balaban J connectivity index is 1.03. The van der Waals surface area contributed by atoms with E-state index in [-0.39, 0.29) is 6.04 Å². The largest absolute Gasteiger partial charge is 0.343 e. The molecule has 8 aromatic rings. The molecule has 1 N–H and O–H groups in total. The van der Waals surface area contributed by atoms with E-state index in [2.05, 4.69) is 232 Å². The molecule has 0 aromatic heterocycles. The molecule has 288 valence electrons. The normalized spacial score (nSPS) is 14.2. The second-order valence-electron chi connectivity index (χ2n) is 15.3. The molecule has 0 spiro atoms. The van der Waals surface area contributed by atoms with Crippen molar-refractivity contribution in [2.75, 3.05) is 0 Å².